The summed E-state index contributed by atoms with van der Waals surface area (Å²) < 4.78 is 0. The lowest BCUT2D eigenvalue weighted by Crippen LogP contribution is -2.49. The van der Waals surface area contributed by atoms with E-state index in [4.69, 9.17) is 0 Å². The Balaban J connectivity index is 1.20. The number of benzene rings is 3. The van der Waals surface area contributed by atoms with Crippen LogP contribution in [0.1, 0.15) is 24.5 Å². The summed E-state index contributed by atoms with van der Waals surface area (Å²) in [6.45, 7) is 5.10. The fraction of sp³-hybridized carbons (Fsp3) is 0.296. The first kappa shape index (κ1) is 21.2. The van der Waals surface area contributed by atoms with Crippen LogP contribution in [-0.2, 0) is 16.0 Å². The topological polar surface area (TPSA) is 65.0 Å². The first-order chi connectivity index (χ1) is 16.1. The minimum atomic E-state index is -0.0317. The van der Waals surface area contributed by atoms with Gasteiger partial charge in [0.1, 0.15) is 0 Å². The standard InChI is InChI=1S/C27H28N4O2/c1-19-17-25(32)28-29-27(19)21-9-11-23(12-10-21)30-13-15-31(16-14-30)26(33)18-22-7-4-6-20-5-2-3-8-24(20)22/h2-12,19H,13-18H2,1H3,(H,28,32)/t19-/m0/s1. The largest absolute Gasteiger partial charge is 0.368 e. The molecule has 5 rings (SSSR count). The van der Waals surface area contributed by atoms with Crippen molar-refractivity contribution in [2.75, 3.05) is 31.1 Å². The number of nitrogens with zero attached hydrogens (tertiary/aromatic N) is 3. The van der Waals surface area contributed by atoms with Gasteiger partial charge in [-0.1, -0.05) is 61.5 Å². The third-order valence-electron chi connectivity index (χ3n) is 6.64. The highest BCUT2D eigenvalue weighted by molar-refractivity contribution is 6.05. The molecule has 0 unspecified atom stereocenters. The number of nitrogens with one attached hydrogen (secondary N) is 1. The van der Waals surface area contributed by atoms with Crippen LogP contribution in [0.5, 0.6) is 0 Å². The van der Waals surface area contributed by atoms with Gasteiger partial charge in [0.25, 0.3) is 0 Å². The summed E-state index contributed by atoms with van der Waals surface area (Å²) in [5.41, 5.74) is 6.78. The minimum Gasteiger partial charge on any atom is -0.368 e. The van der Waals surface area contributed by atoms with Gasteiger partial charge in [0.15, 0.2) is 0 Å². The van der Waals surface area contributed by atoms with Gasteiger partial charge in [-0.2, -0.15) is 5.10 Å². The number of fused-ring (bicyclic) bond motifs is 1. The van der Waals surface area contributed by atoms with Crippen molar-refractivity contribution in [1.82, 2.24) is 10.3 Å². The molecule has 0 saturated carbocycles. The van der Waals surface area contributed by atoms with E-state index in [1.807, 2.05) is 30.0 Å². The summed E-state index contributed by atoms with van der Waals surface area (Å²) in [4.78, 5) is 28.8. The van der Waals surface area contributed by atoms with E-state index in [9.17, 15) is 9.59 Å². The molecule has 2 aliphatic rings. The molecule has 3 aromatic rings. The normalized spacial score (nSPS) is 18.8. The lowest BCUT2D eigenvalue weighted by atomic mass is 9.94. The molecule has 0 aliphatic carbocycles. The number of amides is 2. The van der Waals surface area contributed by atoms with Gasteiger partial charge in [-0.15, -0.1) is 0 Å². The highest BCUT2D eigenvalue weighted by Crippen LogP contribution is 2.23. The van der Waals surface area contributed by atoms with E-state index in [-0.39, 0.29) is 17.7 Å². The Morgan fingerprint density at radius 1 is 0.970 bits per heavy atom. The van der Waals surface area contributed by atoms with E-state index in [0.717, 1.165) is 54.1 Å². The van der Waals surface area contributed by atoms with Crippen LogP contribution in [-0.4, -0.2) is 48.6 Å². The summed E-state index contributed by atoms with van der Waals surface area (Å²) in [5, 5.41) is 6.58. The van der Waals surface area contributed by atoms with Crippen molar-refractivity contribution in [2.24, 2.45) is 11.0 Å². The molecule has 1 fully saturated rings. The molecule has 2 amide bonds. The first-order valence-corrected chi connectivity index (χ1v) is 11.5. The minimum absolute atomic E-state index is 0.0317. The maximum absolute atomic E-state index is 13.0. The Bertz CT molecular complexity index is 1210. The number of piperazine rings is 1. The van der Waals surface area contributed by atoms with Crippen LogP contribution in [0.2, 0.25) is 0 Å². The van der Waals surface area contributed by atoms with Crippen LogP contribution in [0, 0.1) is 5.92 Å². The third kappa shape index (κ3) is 4.46. The molecule has 6 nitrogen and oxygen atoms in total. The van der Waals surface area contributed by atoms with Crippen molar-refractivity contribution >= 4 is 34.0 Å². The zero-order valence-electron chi connectivity index (χ0n) is 18.8. The van der Waals surface area contributed by atoms with Crippen LogP contribution >= 0.6 is 0 Å². The molecule has 6 heteroatoms. The second-order valence-electron chi connectivity index (χ2n) is 8.87. The van der Waals surface area contributed by atoms with E-state index < -0.39 is 0 Å². The maximum Gasteiger partial charge on any atom is 0.240 e. The van der Waals surface area contributed by atoms with Crippen LogP contribution in [0.15, 0.2) is 71.8 Å². The lowest BCUT2D eigenvalue weighted by Gasteiger charge is -2.36. The Kier molecular flexibility index (Phi) is 5.82. The summed E-state index contributed by atoms with van der Waals surface area (Å²) in [5.74, 6) is 0.268. The predicted octanol–water partition coefficient (Wildman–Crippen LogP) is 3.59. The quantitative estimate of drug-likeness (QED) is 0.674. The molecule has 0 bridgehead atoms. The van der Waals surface area contributed by atoms with E-state index in [0.29, 0.717) is 12.8 Å². The molecule has 168 valence electrons. The predicted molar refractivity (Wildman–Crippen MR) is 131 cm³/mol. The van der Waals surface area contributed by atoms with Crippen molar-refractivity contribution < 1.29 is 9.59 Å². The molecule has 2 aliphatic heterocycles. The first-order valence-electron chi connectivity index (χ1n) is 11.5. The molecule has 0 spiro atoms. The fourth-order valence-corrected chi connectivity index (χ4v) is 4.78. The highest BCUT2D eigenvalue weighted by Gasteiger charge is 2.24. The summed E-state index contributed by atoms with van der Waals surface area (Å²) in [7, 11) is 0. The van der Waals surface area contributed by atoms with E-state index in [2.05, 4.69) is 64.0 Å². The molecule has 0 radical (unpaired) electrons. The molecule has 1 atom stereocenters. The number of hydrogen-bond donors (Lipinski definition) is 1. The lowest BCUT2D eigenvalue weighted by molar-refractivity contribution is -0.130. The van der Waals surface area contributed by atoms with Crippen molar-refractivity contribution in [3.05, 3.63) is 77.9 Å². The highest BCUT2D eigenvalue weighted by atomic mass is 16.2. The van der Waals surface area contributed by atoms with Crippen LogP contribution in [0.3, 0.4) is 0 Å². The Morgan fingerprint density at radius 2 is 1.70 bits per heavy atom. The average Bonchev–Trinajstić information content (AvgIpc) is 2.85. The summed E-state index contributed by atoms with van der Waals surface area (Å²) in [6, 6.07) is 22.8. The van der Waals surface area contributed by atoms with Crippen LogP contribution in [0.4, 0.5) is 5.69 Å². The van der Waals surface area contributed by atoms with Crippen molar-refractivity contribution in [1.29, 1.82) is 0 Å². The molecule has 1 saturated heterocycles. The monoisotopic (exact) mass is 440 g/mol. The van der Waals surface area contributed by atoms with Gasteiger partial charge < -0.3 is 9.80 Å². The summed E-state index contributed by atoms with van der Waals surface area (Å²) >= 11 is 0. The molecule has 0 aromatic heterocycles. The van der Waals surface area contributed by atoms with Crippen molar-refractivity contribution in [3.63, 3.8) is 0 Å². The van der Waals surface area contributed by atoms with Gasteiger partial charge in [-0.25, -0.2) is 5.43 Å². The van der Waals surface area contributed by atoms with E-state index in [1.54, 1.807) is 0 Å². The Labute approximate surface area is 193 Å². The molecular weight excluding hydrogens is 412 g/mol. The van der Waals surface area contributed by atoms with Crippen molar-refractivity contribution in [3.8, 4) is 0 Å². The second-order valence-corrected chi connectivity index (χ2v) is 8.87. The Morgan fingerprint density at radius 3 is 2.45 bits per heavy atom. The molecule has 2 heterocycles. The smallest absolute Gasteiger partial charge is 0.240 e. The van der Waals surface area contributed by atoms with Gasteiger partial charge in [0.2, 0.25) is 11.8 Å². The van der Waals surface area contributed by atoms with Crippen LogP contribution in [0.25, 0.3) is 10.8 Å². The SMILES string of the molecule is C[C@H]1CC(=O)NN=C1c1ccc(N2CCN(C(=O)Cc3cccc4ccccc34)CC2)cc1. The zero-order valence-corrected chi connectivity index (χ0v) is 18.8. The summed E-state index contributed by atoms with van der Waals surface area (Å²) in [6.07, 6.45) is 0.905. The van der Waals surface area contributed by atoms with Gasteiger partial charge in [0.05, 0.1) is 12.1 Å². The van der Waals surface area contributed by atoms with Gasteiger partial charge in [-0.3, -0.25) is 9.59 Å². The molecular formula is C27H28N4O2. The van der Waals surface area contributed by atoms with Gasteiger partial charge in [0, 0.05) is 44.2 Å². The number of hydrazone groups is 1. The Hall–Kier alpha value is -3.67. The number of hydrogen-bond acceptors (Lipinski definition) is 4. The van der Waals surface area contributed by atoms with E-state index in [1.165, 1.54) is 5.39 Å². The number of carbonyl (C=O) groups excluding carboxylic acids is 2. The second kappa shape index (κ2) is 9.06. The number of carbonyl (C=O) groups is 2. The molecule has 1 N–H and O–H groups in total. The maximum atomic E-state index is 13.0. The van der Waals surface area contributed by atoms with Crippen molar-refractivity contribution in [2.45, 2.75) is 19.8 Å². The fourth-order valence-electron chi connectivity index (χ4n) is 4.78. The zero-order chi connectivity index (χ0) is 22.8. The van der Waals surface area contributed by atoms with Gasteiger partial charge in [-0.05, 0) is 34.0 Å². The van der Waals surface area contributed by atoms with Gasteiger partial charge >= 0.3 is 0 Å². The number of anilines is 1. The molecule has 33 heavy (non-hydrogen) atoms. The average molecular weight is 441 g/mol. The van der Waals surface area contributed by atoms with Crippen LogP contribution < -0.4 is 10.3 Å². The van der Waals surface area contributed by atoms with E-state index >= 15 is 0 Å². The number of rotatable bonds is 4. The molecule has 3 aromatic carbocycles. The third-order valence-corrected chi connectivity index (χ3v) is 6.64.